The molecule has 2 aromatic carbocycles. The number of hydrogen-bond donors (Lipinski definition) is 1. The zero-order valence-corrected chi connectivity index (χ0v) is 18.7. The molecule has 0 spiro atoms. The lowest BCUT2D eigenvalue weighted by Gasteiger charge is -2.47. The molecule has 6 heteroatoms. The average molecular weight is 493 g/mol. The summed E-state index contributed by atoms with van der Waals surface area (Å²) in [4.78, 5) is 14.4. The predicted octanol–water partition coefficient (Wildman–Crippen LogP) is 5.31. The standard InChI is InChI=1S/C22H25FIN3O/c1-5-27-20-11-19(23)16(10-18(20)14(2)12-22(27,3)4)13-25-26-21(28)15-7-6-8-17(24)9-15/h6-11,13-14H,5,12H2,1-4H3,(H,26,28)/b25-13-. The molecule has 0 aromatic heterocycles. The van der Waals surface area contributed by atoms with Crippen LogP contribution in [0.4, 0.5) is 10.1 Å². The second kappa shape index (κ2) is 8.19. The SMILES string of the molecule is CCN1c2cc(F)c(/C=N\NC(=O)c3cccc(I)c3)cc2C(C)CC1(C)C. The number of nitrogens with one attached hydrogen (secondary N) is 1. The Kier molecular flexibility index (Phi) is 6.07. The van der Waals surface area contributed by atoms with Crippen molar-refractivity contribution in [3.8, 4) is 0 Å². The number of halogens is 2. The zero-order valence-electron chi connectivity index (χ0n) is 16.6. The summed E-state index contributed by atoms with van der Waals surface area (Å²) in [6, 6.07) is 10.7. The molecule has 148 valence electrons. The van der Waals surface area contributed by atoms with E-state index >= 15 is 0 Å². The van der Waals surface area contributed by atoms with Crippen LogP contribution in [0.25, 0.3) is 0 Å². The summed E-state index contributed by atoms with van der Waals surface area (Å²) in [5, 5.41) is 3.97. The van der Waals surface area contributed by atoms with Crippen molar-refractivity contribution < 1.29 is 9.18 Å². The fourth-order valence-electron chi connectivity index (χ4n) is 4.07. The van der Waals surface area contributed by atoms with Gasteiger partial charge < -0.3 is 4.90 Å². The molecule has 1 aliphatic heterocycles. The number of hydrogen-bond acceptors (Lipinski definition) is 3. The minimum absolute atomic E-state index is 0.00954. The van der Waals surface area contributed by atoms with Crippen molar-refractivity contribution in [2.24, 2.45) is 5.10 Å². The summed E-state index contributed by atoms with van der Waals surface area (Å²) in [7, 11) is 0. The molecule has 0 aliphatic carbocycles. The lowest BCUT2D eigenvalue weighted by molar-refractivity contribution is 0.0955. The number of amides is 1. The van der Waals surface area contributed by atoms with Crippen LogP contribution in [-0.2, 0) is 0 Å². The van der Waals surface area contributed by atoms with Gasteiger partial charge in [-0.15, -0.1) is 0 Å². The third-order valence-electron chi connectivity index (χ3n) is 5.28. The highest BCUT2D eigenvalue weighted by Gasteiger charge is 2.36. The lowest BCUT2D eigenvalue weighted by Crippen LogP contribution is -2.48. The van der Waals surface area contributed by atoms with Gasteiger partial charge in [-0.05, 0) is 91.6 Å². The van der Waals surface area contributed by atoms with E-state index < -0.39 is 0 Å². The summed E-state index contributed by atoms with van der Waals surface area (Å²) in [5.74, 6) is -0.337. The van der Waals surface area contributed by atoms with E-state index in [2.05, 4.69) is 65.7 Å². The van der Waals surface area contributed by atoms with Gasteiger partial charge in [-0.2, -0.15) is 5.10 Å². The Morgan fingerprint density at radius 2 is 2.14 bits per heavy atom. The molecule has 1 amide bonds. The van der Waals surface area contributed by atoms with Gasteiger partial charge in [-0.3, -0.25) is 4.79 Å². The molecule has 28 heavy (non-hydrogen) atoms. The molecular formula is C22H25FIN3O. The number of carbonyl (C=O) groups is 1. The quantitative estimate of drug-likeness (QED) is 0.357. The monoisotopic (exact) mass is 493 g/mol. The molecular weight excluding hydrogens is 468 g/mol. The van der Waals surface area contributed by atoms with Crippen molar-refractivity contribution >= 4 is 40.4 Å². The Labute approximate surface area is 179 Å². The van der Waals surface area contributed by atoms with E-state index in [-0.39, 0.29) is 17.3 Å². The van der Waals surface area contributed by atoms with Crippen molar-refractivity contribution in [1.29, 1.82) is 0 Å². The number of carbonyl (C=O) groups excluding carboxylic acids is 1. The maximum atomic E-state index is 14.7. The third-order valence-corrected chi connectivity index (χ3v) is 5.95. The highest BCUT2D eigenvalue weighted by atomic mass is 127. The minimum atomic E-state index is -0.339. The molecule has 3 rings (SSSR count). The van der Waals surface area contributed by atoms with Gasteiger partial charge in [0, 0.05) is 32.5 Å². The first-order valence-corrected chi connectivity index (χ1v) is 10.5. The van der Waals surface area contributed by atoms with E-state index in [0.717, 1.165) is 27.8 Å². The molecule has 4 nitrogen and oxygen atoms in total. The molecule has 0 radical (unpaired) electrons. The van der Waals surface area contributed by atoms with Crippen molar-refractivity contribution in [3.05, 3.63) is 62.5 Å². The Hall–Kier alpha value is -1.96. The number of fused-ring (bicyclic) bond motifs is 1. The molecule has 2 aromatic rings. The Morgan fingerprint density at radius 3 is 2.82 bits per heavy atom. The van der Waals surface area contributed by atoms with Crippen LogP contribution in [0.3, 0.4) is 0 Å². The second-order valence-electron chi connectivity index (χ2n) is 7.80. The Morgan fingerprint density at radius 1 is 1.39 bits per heavy atom. The molecule has 0 saturated heterocycles. The van der Waals surface area contributed by atoms with Crippen molar-refractivity contribution in [2.45, 2.75) is 45.6 Å². The summed E-state index contributed by atoms with van der Waals surface area (Å²) in [5.41, 5.74) is 5.43. The largest absolute Gasteiger partial charge is 0.366 e. The van der Waals surface area contributed by atoms with E-state index in [4.69, 9.17) is 0 Å². The zero-order chi connectivity index (χ0) is 20.5. The van der Waals surface area contributed by atoms with Gasteiger partial charge in [0.2, 0.25) is 0 Å². The molecule has 1 N–H and O–H groups in total. The van der Waals surface area contributed by atoms with Crippen LogP contribution in [0.1, 0.15) is 61.5 Å². The highest BCUT2D eigenvalue weighted by Crippen LogP contribution is 2.43. The van der Waals surface area contributed by atoms with Crippen LogP contribution in [0.5, 0.6) is 0 Å². The van der Waals surface area contributed by atoms with E-state index in [1.165, 1.54) is 6.21 Å². The molecule has 0 saturated carbocycles. The van der Waals surface area contributed by atoms with Crippen molar-refractivity contribution in [2.75, 3.05) is 11.4 Å². The third kappa shape index (κ3) is 4.21. The summed E-state index contributed by atoms with van der Waals surface area (Å²) >= 11 is 2.15. The Bertz CT molecular complexity index is 926. The van der Waals surface area contributed by atoms with E-state index in [1.54, 1.807) is 18.2 Å². The average Bonchev–Trinajstić information content (AvgIpc) is 2.62. The maximum Gasteiger partial charge on any atom is 0.271 e. The van der Waals surface area contributed by atoms with Gasteiger partial charge >= 0.3 is 0 Å². The van der Waals surface area contributed by atoms with Crippen LogP contribution < -0.4 is 10.3 Å². The maximum absolute atomic E-state index is 14.7. The van der Waals surface area contributed by atoms with Gasteiger partial charge in [0.15, 0.2) is 0 Å². The highest BCUT2D eigenvalue weighted by molar-refractivity contribution is 14.1. The molecule has 0 bridgehead atoms. The molecule has 1 atom stereocenters. The fourth-order valence-corrected chi connectivity index (χ4v) is 4.62. The first-order chi connectivity index (χ1) is 13.2. The molecule has 0 fully saturated rings. The molecule has 1 aliphatic rings. The fraction of sp³-hybridized carbons (Fsp3) is 0.364. The van der Waals surface area contributed by atoms with Crippen molar-refractivity contribution in [3.63, 3.8) is 0 Å². The minimum Gasteiger partial charge on any atom is -0.366 e. The van der Waals surface area contributed by atoms with Gasteiger partial charge in [-0.1, -0.05) is 13.0 Å². The number of benzene rings is 2. The van der Waals surface area contributed by atoms with Gasteiger partial charge in [-0.25, -0.2) is 9.82 Å². The first kappa shape index (κ1) is 20.8. The number of anilines is 1. The van der Waals surface area contributed by atoms with Gasteiger partial charge in [0.05, 0.1) is 6.21 Å². The summed E-state index contributed by atoms with van der Waals surface area (Å²) in [6.45, 7) is 9.48. The van der Waals surface area contributed by atoms with Crippen LogP contribution in [-0.4, -0.2) is 24.2 Å². The molecule has 1 unspecified atom stereocenters. The van der Waals surface area contributed by atoms with Gasteiger partial charge in [0.25, 0.3) is 5.91 Å². The number of hydrazone groups is 1. The topological polar surface area (TPSA) is 44.7 Å². The normalized spacial score (nSPS) is 18.2. The second-order valence-corrected chi connectivity index (χ2v) is 9.05. The van der Waals surface area contributed by atoms with Crippen LogP contribution in [0.2, 0.25) is 0 Å². The van der Waals surface area contributed by atoms with Crippen LogP contribution in [0, 0.1) is 9.39 Å². The van der Waals surface area contributed by atoms with Crippen LogP contribution in [0.15, 0.2) is 41.5 Å². The molecule has 1 heterocycles. The van der Waals surface area contributed by atoms with E-state index in [9.17, 15) is 9.18 Å². The number of nitrogens with zero attached hydrogens (tertiary/aromatic N) is 2. The van der Waals surface area contributed by atoms with Crippen LogP contribution >= 0.6 is 22.6 Å². The number of rotatable bonds is 4. The summed E-state index contributed by atoms with van der Waals surface area (Å²) < 4.78 is 15.7. The van der Waals surface area contributed by atoms with E-state index in [0.29, 0.717) is 17.0 Å². The van der Waals surface area contributed by atoms with E-state index in [1.807, 2.05) is 18.2 Å². The van der Waals surface area contributed by atoms with Crippen molar-refractivity contribution in [1.82, 2.24) is 5.43 Å². The predicted molar refractivity (Wildman–Crippen MR) is 121 cm³/mol. The van der Waals surface area contributed by atoms with Gasteiger partial charge in [0.1, 0.15) is 5.82 Å². The smallest absolute Gasteiger partial charge is 0.271 e. The lowest BCUT2D eigenvalue weighted by atomic mass is 9.79. The first-order valence-electron chi connectivity index (χ1n) is 9.43. The summed E-state index contributed by atoms with van der Waals surface area (Å²) in [6.07, 6.45) is 2.38. The Balaban J connectivity index is 1.83.